The number of pyridine rings is 1. The lowest BCUT2D eigenvalue weighted by atomic mass is 9.92. The van der Waals surface area contributed by atoms with E-state index in [4.69, 9.17) is 29.0 Å². The van der Waals surface area contributed by atoms with Gasteiger partial charge in [-0.05, 0) is 101 Å². The van der Waals surface area contributed by atoms with Crippen LogP contribution >= 0.6 is 0 Å². The molecule has 1 aliphatic heterocycles. The number of carbonyl (C=O) groups is 1. The Bertz CT molecular complexity index is 2060. The summed E-state index contributed by atoms with van der Waals surface area (Å²) < 4.78 is 39.1. The molecular formula is C47H62FN3O7. The summed E-state index contributed by atoms with van der Waals surface area (Å²) in [4.78, 5) is 20.1. The summed E-state index contributed by atoms with van der Waals surface area (Å²) in [6.45, 7) is 19.5. The normalized spacial score (nSPS) is 13.7. The van der Waals surface area contributed by atoms with E-state index in [1.165, 1.54) is 25.3 Å². The summed E-state index contributed by atoms with van der Waals surface area (Å²) in [6, 6.07) is 21.6. The second-order valence-corrected chi connectivity index (χ2v) is 15.5. The van der Waals surface area contributed by atoms with Crippen LogP contribution in [0.4, 0.5) is 10.2 Å². The quantitative estimate of drug-likeness (QED) is 0.0838. The first-order valence-corrected chi connectivity index (χ1v) is 20.1. The molecule has 0 saturated carbocycles. The van der Waals surface area contributed by atoms with Gasteiger partial charge in [-0.3, -0.25) is 9.20 Å². The molecule has 6 rings (SSSR count). The Balaban J connectivity index is 0.000000987. The molecule has 1 fully saturated rings. The number of esters is 1. The molecule has 58 heavy (non-hydrogen) atoms. The van der Waals surface area contributed by atoms with E-state index in [9.17, 15) is 14.3 Å². The van der Waals surface area contributed by atoms with Crippen molar-refractivity contribution in [1.29, 1.82) is 0 Å². The summed E-state index contributed by atoms with van der Waals surface area (Å²) in [5.74, 6) is 0.183. The predicted molar refractivity (Wildman–Crippen MR) is 229 cm³/mol. The van der Waals surface area contributed by atoms with Gasteiger partial charge in [0.15, 0.2) is 0 Å². The number of anilines is 1. The smallest absolute Gasteiger partial charge is 0.310 e. The second kappa shape index (κ2) is 21.3. The maximum atomic E-state index is 14.1. The van der Waals surface area contributed by atoms with Gasteiger partial charge in [0.2, 0.25) is 0 Å². The third kappa shape index (κ3) is 12.8. The molecule has 0 atom stereocenters. The monoisotopic (exact) mass is 799 g/mol. The molecule has 3 aromatic carbocycles. The molecule has 2 aromatic heterocycles. The van der Waals surface area contributed by atoms with Gasteiger partial charge in [-0.25, -0.2) is 9.37 Å². The van der Waals surface area contributed by atoms with Gasteiger partial charge in [-0.15, -0.1) is 0 Å². The third-order valence-corrected chi connectivity index (χ3v) is 9.81. The zero-order chi connectivity index (χ0) is 42.5. The lowest BCUT2D eigenvalue weighted by Gasteiger charge is -2.41. The van der Waals surface area contributed by atoms with Crippen molar-refractivity contribution in [2.45, 2.75) is 92.5 Å². The minimum atomic E-state index is -0.500. The van der Waals surface area contributed by atoms with Crippen LogP contribution in [0.2, 0.25) is 0 Å². The molecule has 11 heteroatoms. The minimum Gasteiger partial charge on any atom is -0.507 e. The average Bonchev–Trinajstić information content (AvgIpc) is 3.65. The number of fused-ring (bicyclic) bond motifs is 1. The van der Waals surface area contributed by atoms with E-state index in [1.54, 1.807) is 20.8 Å². The number of phenols is 1. The number of imidazole rings is 1. The molecule has 0 bridgehead atoms. The van der Waals surface area contributed by atoms with Gasteiger partial charge >= 0.3 is 5.97 Å². The Morgan fingerprint density at radius 2 is 1.52 bits per heavy atom. The number of rotatable bonds is 14. The van der Waals surface area contributed by atoms with Crippen LogP contribution in [0.5, 0.6) is 5.75 Å². The SMILES string of the molecule is CC.CC(C)(C)O.COC(=O)Cc1c(C)c(C)c2nc(-c3cccc(-c4cc(F)ccc4O)c3)cn2c1N1CCC(C)(OCCOCCOCc2ccccc2)CC1. The summed E-state index contributed by atoms with van der Waals surface area (Å²) in [6.07, 6.45) is 3.71. The van der Waals surface area contributed by atoms with Gasteiger partial charge in [-0.2, -0.15) is 0 Å². The first-order chi connectivity index (χ1) is 27.7. The van der Waals surface area contributed by atoms with Crippen molar-refractivity contribution >= 4 is 17.4 Å². The van der Waals surface area contributed by atoms with Crippen LogP contribution in [-0.2, 0) is 36.8 Å². The standard InChI is InChI=1S/C41H46FN3O6.C4H10O.C2H6/c1-28-29(2)39-43-36(32-12-8-11-31(23-32)35-24-33(42)13-14-37(35)46)26-45(39)40(34(28)25-38(47)48-4)44-17-15-41(3,16-18-44)51-22-21-49-19-20-50-27-30-9-6-5-7-10-30;1-4(2,3)5;1-2/h5-14,23-24,26,46H,15-22,25,27H2,1-4H3;5H,1-3H3;1-2H3. The number of hydrogen-bond donors (Lipinski definition) is 2. The lowest BCUT2D eigenvalue weighted by Crippen LogP contribution is -2.45. The molecule has 1 saturated heterocycles. The maximum Gasteiger partial charge on any atom is 0.310 e. The van der Waals surface area contributed by atoms with Crippen molar-refractivity contribution < 1.29 is 38.3 Å². The first kappa shape index (κ1) is 45.9. The Morgan fingerprint density at radius 1 is 0.879 bits per heavy atom. The Hall–Kier alpha value is -4.81. The van der Waals surface area contributed by atoms with Crippen LogP contribution in [-0.4, -0.2) is 83.4 Å². The molecule has 314 valence electrons. The topological polar surface area (TPSA) is 115 Å². The summed E-state index contributed by atoms with van der Waals surface area (Å²) in [5.41, 5.74) is 6.62. The van der Waals surface area contributed by atoms with Crippen molar-refractivity contribution in [2.75, 3.05) is 51.5 Å². The molecular weight excluding hydrogens is 738 g/mol. The molecule has 0 radical (unpaired) electrons. The van der Waals surface area contributed by atoms with Gasteiger partial charge in [0, 0.05) is 36.0 Å². The van der Waals surface area contributed by atoms with E-state index < -0.39 is 11.4 Å². The molecule has 10 nitrogen and oxygen atoms in total. The van der Waals surface area contributed by atoms with Crippen molar-refractivity contribution in [2.24, 2.45) is 0 Å². The Labute approximate surface area is 343 Å². The van der Waals surface area contributed by atoms with Gasteiger partial charge < -0.3 is 34.1 Å². The largest absolute Gasteiger partial charge is 0.507 e. The molecule has 0 spiro atoms. The van der Waals surface area contributed by atoms with E-state index >= 15 is 0 Å². The molecule has 0 unspecified atom stereocenters. The molecule has 2 N–H and O–H groups in total. The van der Waals surface area contributed by atoms with Crippen LogP contribution in [0, 0.1) is 19.7 Å². The highest BCUT2D eigenvalue weighted by Gasteiger charge is 2.33. The average molecular weight is 800 g/mol. The number of phenolic OH excluding ortho intramolecular Hbond substituents is 1. The molecule has 5 aromatic rings. The Kier molecular flexibility index (Phi) is 16.8. The third-order valence-electron chi connectivity index (χ3n) is 9.81. The van der Waals surface area contributed by atoms with Crippen molar-refractivity contribution in [3.63, 3.8) is 0 Å². The lowest BCUT2D eigenvalue weighted by molar-refractivity contribution is -0.139. The number of ether oxygens (including phenoxy) is 4. The van der Waals surface area contributed by atoms with E-state index in [0.29, 0.717) is 44.2 Å². The summed E-state index contributed by atoms with van der Waals surface area (Å²) >= 11 is 0. The zero-order valence-electron chi connectivity index (χ0n) is 35.7. The number of aromatic nitrogens is 2. The van der Waals surface area contributed by atoms with Crippen LogP contribution in [0.1, 0.15) is 76.6 Å². The number of carbonyl (C=O) groups excluding carboxylic acids is 1. The van der Waals surface area contributed by atoms with Crippen molar-refractivity contribution in [3.8, 4) is 28.1 Å². The highest BCUT2D eigenvalue weighted by Crippen LogP contribution is 2.37. The fraction of sp³-hybridized carbons (Fsp3) is 0.447. The number of aliphatic hydroxyl groups is 1. The number of halogens is 1. The fourth-order valence-electron chi connectivity index (χ4n) is 6.68. The highest BCUT2D eigenvalue weighted by atomic mass is 19.1. The van der Waals surface area contributed by atoms with Crippen molar-refractivity contribution in [3.05, 3.63) is 107 Å². The molecule has 0 aliphatic carbocycles. The number of benzene rings is 3. The molecule has 3 heterocycles. The van der Waals surface area contributed by atoms with Gasteiger partial charge in [0.25, 0.3) is 0 Å². The first-order valence-electron chi connectivity index (χ1n) is 20.1. The highest BCUT2D eigenvalue weighted by molar-refractivity contribution is 5.80. The number of aryl methyl sites for hydroxylation is 1. The van der Waals surface area contributed by atoms with Gasteiger partial charge in [0.1, 0.15) is 23.0 Å². The predicted octanol–water partition coefficient (Wildman–Crippen LogP) is 9.26. The van der Waals surface area contributed by atoms with E-state index in [-0.39, 0.29) is 23.7 Å². The number of methoxy groups -OCH3 is 1. The van der Waals surface area contributed by atoms with Gasteiger partial charge in [0.05, 0.1) is 63.5 Å². The van der Waals surface area contributed by atoms with Crippen LogP contribution in [0.25, 0.3) is 28.0 Å². The number of aromatic hydroxyl groups is 1. The fourth-order valence-corrected chi connectivity index (χ4v) is 6.68. The summed E-state index contributed by atoms with van der Waals surface area (Å²) in [7, 11) is 1.41. The number of hydrogen-bond acceptors (Lipinski definition) is 9. The van der Waals surface area contributed by atoms with Crippen molar-refractivity contribution in [1.82, 2.24) is 9.38 Å². The van der Waals surface area contributed by atoms with Crippen LogP contribution in [0.3, 0.4) is 0 Å². The number of piperidine rings is 1. The Morgan fingerprint density at radius 3 is 2.19 bits per heavy atom. The second-order valence-electron chi connectivity index (χ2n) is 15.5. The van der Waals surface area contributed by atoms with Gasteiger partial charge in [-0.1, -0.05) is 62.4 Å². The molecule has 0 amide bonds. The van der Waals surface area contributed by atoms with Crippen LogP contribution < -0.4 is 4.90 Å². The van der Waals surface area contributed by atoms with Crippen LogP contribution in [0.15, 0.2) is 79.0 Å². The minimum absolute atomic E-state index is 0.00231. The summed E-state index contributed by atoms with van der Waals surface area (Å²) in [5, 5.41) is 19.0. The zero-order valence-corrected chi connectivity index (χ0v) is 35.7. The molecule has 1 aliphatic rings. The van der Waals surface area contributed by atoms with E-state index in [1.807, 2.05) is 88.5 Å². The number of nitrogens with zero attached hydrogens (tertiary/aromatic N) is 3. The maximum absolute atomic E-state index is 14.1. The van der Waals surface area contributed by atoms with E-state index in [0.717, 1.165) is 70.9 Å². The van der Waals surface area contributed by atoms with E-state index in [2.05, 4.69) is 16.2 Å².